The molecule has 1 saturated heterocycles. The SMILES string of the molecule is COc1ccc(-c2coc3c([C@H]4O[C@H](CO)[C@@H](O)[C@H](O)[C@H]4O)c(O)ccc3c2=O)cc1. The maximum atomic E-state index is 13.1. The lowest BCUT2D eigenvalue weighted by Gasteiger charge is -2.40. The number of phenolic OH excluding ortho intramolecular Hbond substituents is 1. The second-order valence-electron chi connectivity index (χ2n) is 7.33. The predicted molar refractivity (Wildman–Crippen MR) is 109 cm³/mol. The number of aromatic hydroxyl groups is 1. The monoisotopic (exact) mass is 430 g/mol. The molecule has 5 N–H and O–H groups in total. The van der Waals surface area contributed by atoms with E-state index in [1.807, 2.05) is 0 Å². The Labute approximate surface area is 176 Å². The highest BCUT2D eigenvalue weighted by Crippen LogP contribution is 2.40. The molecule has 3 aromatic rings. The molecule has 1 fully saturated rings. The Morgan fingerprint density at radius 2 is 1.71 bits per heavy atom. The van der Waals surface area contributed by atoms with Gasteiger partial charge in [0, 0.05) is 0 Å². The van der Waals surface area contributed by atoms with Gasteiger partial charge in [-0.15, -0.1) is 0 Å². The highest BCUT2D eigenvalue weighted by Gasteiger charge is 2.45. The van der Waals surface area contributed by atoms with Crippen molar-refractivity contribution in [2.45, 2.75) is 30.5 Å². The van der Waals surface area contributed by atoms with Crippen molar-refractivity contribution < 1.29 is 39.4 Å². The van der Waals surface area contributed by atoms with Crippen molar-refractivity contribution in [1.82, 2.24) is 0 Å². The molecule has 2 aromatic carbocycles. The maximum absolute atomic E-state index is 13.1. The number of phenols is 1. The quantitative estimate of drug-likeness (QED) is 0.403. The fraction of sp³-hybridized carbons (Fsp3) is 0.318. The molecule has 0 bridgehead atoms. The molecule has 1 aliphatic heterocycles. The number of ether oxygens (including phenoxy) is 2. The van der Waals surface area contributed by atoms with Crippen LogP contribution in [0.2, 0.25) is 0 Å². The van der Waals surface area contributed by atoms with Gasteiger partial charge >= 0.3 is 0 Å². The second kappa shape index (κ2) is 8.29. The van der Waals surface area contributed by atoms with E-state index in [9.17, 15) is 30.3 Å². The molecule has 2 heterocycles. The molecule has 0 saturated carbocycles. The molecule has 1 aliphatic rings. The van der Waals surface area contributed by atoms with E-state index in [0.29, 0.717) is 11.3 Å². The fourth-order valence-corrected chi connectivity index (χ4v) is 3.80. The van der Waals surface area contributed by atoms with E-state index in [-0.39, 0.29) is 33.3 Å². The first-order valence-electron chi connectivity index (χ1n) is 9.59. The van der Waals surface area contributed by atoms with Crippen LogP contribution in [0.15, 0.2) is 51.9 Å². The van der Waals surface area contributed by atoms with Gasteiger partial charge in [0.05, 0.1) is 30.2 Å². The van der Waals surface area contributed by atoms with Crippen molar-refractivity contribution >= 4 is 11.0 Å². The van der Waals surface area contributed by atoms with Crippen LogP contribution in [-0.4, -0.2) is 63.7 Å². The van der Waals surface area contributed by atoms with Crippen LogP contribution in [0.1, 0.15) is 11.7 Å². The van der Waals surface area contributed by atoms with Gasteiger partial charge in [-0.05, 0) is 29.8 Å². The summed E-state index contributed by atoms with van der Waals surface area (Å²) in [5.74, 6) is 0.293. The first-order chi connectivity index (χ1) is 14.9. The van der Waals surface area contributed by atoms with Gasteiger partial charge in [0.15, 0.2) is 0 Å². The molecule has 4 rings (SSSR count). The second-order valence-corrected chi connectivity index (χ2v) is 7.33. The van der Waals surface area contributed by atoms with Gasteiger partial charge in [-0.1, -0.05) is 12.1 Å². The average Bonchev–Trinajstić information content (AvgIpc) is 2.79. The Hall–Kier alpha value is -2.95. The first kappa shape index (κ1) is 21.3. The van der Waals surface area contributed by atoms with Crippen LogP contribution >= 0.6 is 0 Å². The Bertz CT molecular complexity index is 1140. The van der Waals surface area contributed by atoms with Crippen LogP contribution in [0, 0.1) is 0 Å². The summed E-state index contributed by atoms with van der Waals surface area (Å²) in [5.41, 5.74) is 0.399. The lowest BCUT2D eigenvalue weighted by molar-refractivity contribution is -0.231. The lowest BCUT2D eigenvalue weighted by Crippen LogP contribution is -2.55. The zero-order valence-electron chi connectivity index (χ0n) is 16.5. The summed E-state index contributed by atoms with van der Waals surface area (Å²) in [7, 11) is 1.53. The number of rotatable bonds is 4. The Morgan fingerprint density at radius 1 is 1.00 bits per heavy atom. The van der Waals surface area contributed by atoms with E-state index in [4.69, 9.17) is 13.9 Å². The molecular formula is C22H22O9. The molecule has 0 unspecified atom stereocenters. The van der Waals surface area contributed by atoms with E-state index in [1.54, 1.807) is 24.3 Å². The highest BCUT2D eigenvalue weighted by molar-refractivity contribution is 5.86. The predicted octanol–water partition coefficient (Wildman–Crippen LogP) is 0.689. The fourth-order valence-electron chi connectivity index (χ4n) is 3.80. The number of benzene rings is 2. The molecule has 0 spiro atoms. The standard InChI is InChI=1S/C22H22O9/c1-29-11-4-2-10(3-5-11)13-9-30-21-12(17(13)25)6-7-14(24)16(21)22-20(28)19(27)18(26)15(8-23)31-22/h2-7,9,15,18-20,22-24,26-28H,8H2,1H3/t15-,18-,19+,20-,22-/m1/s1. The van der Waals surface area contributed by atoms with Crippen molar-refractivity contribution in [1.29, 1.82) is 0 Å². The van der Waals surface area contributed by atoms with Gasteiger partial charge in [0.2, 0.25) is 5.43 Å². The third-order valence-electron chi connectivity index (χ3n) is 5.53. The average molecular weight is 430 g/mol. The molecule has 0 aliphatic carbocycles. The van der Waals surface area contributed by atoms with Gasteiger partial charge in [0.1, 0.15) is 53.9 Å². The van der Waals surface area contributed by atoms with Crippen LogP contribution in [-0.2, 0) is 4.74 Å². The highest BCUT2D eigenvalue weighted by atomic mass is 16.5. The van der Waals surface area contributed by atoms with E-state index < -0.39 is 37.1 Å². The largest absolute Gasteiger partial charge is 0.507 e. The minimum Gasteiger partial charge on any atom is -0.507 e. The van der Waals surface area contributed by atoms with E-state index in [1.165, 1.54) is 25.5 Å². The summed E-state index contributed by atoms with van der Waals surface area (Å²) in [5, 5.41) is 50.6. The van der Waals surface area contributed by atoms with Crippen LogP contribution in [0.4, 0.5) is 0 Å². The van der Waals surface area contributed by atoms with Gasteiger partial charge in [-0.25, -0.2) is 0 Å². The number of hydrogen-bond donors (Lipinski definition) is 5. The topological polar surface area (TPSA) is 150 Å². The van der Waals surface area contributed by atoms with Crippen LogP contribution in [0.25, 0.3) is 22.1 Å². The van der Waals surface area contributed by atoms with Crippen LogP contribution < -0.4 is 10.2 Å². The number of aliphatic hydroxyl groups excluding tert-OH is 4. The number of fused-ring (bicyclic) bond motifs is 1. The maximum Gasteiger partial charge on any atom is 0.200 e. The van der Waals surface area contributed by atoms with Crippen molar-refractivity contribution in [2.75, 3.05) is 13.7 Å². The summed E-state index contributed by atoms with van der Waals surface area (Å²) in [6.07, 6.45) is -6.13. The third kappa shape index (κ3) is 3.56. The number of methoxy groups -OCH3 is 1. The van der Waals surface area contributed by atoms with Crippen molar-refractivity contribution in [3.63, 3.8) is 0 Å². The van der Waals surface area contributed by atoms with Gasteiger partial charge in [-0.2, -0.15) is 0 Å². The smallest absolute Gasteiger partial charge is 0.200 e. The normalized spacial score (nSPS) is 26.2. The van der Waals surface area contributed by atoms with Crippen molar-refractivity contribution in [3.8, 4) is 22.6 Å². The molecule has 5 atom stereocenters. The molecule has 31 heavy (non-hydrogen) atoms. The molecule has 164 valence electrons. The summed E-state index contributed by atoms with van der Waals surface area (Å²) in [4.78, 5) is 13.1. The summed E-state index contributed by atoms with van der Waals surface area (Å²) >= 11 is 0. The number of hydrogen-bond acceptors (Lipinski definition) is 9. The molecular weight excluding hydrogens is 408 g/mol. The van der Waals surface area contributed by atoms with Crippen molar-refractivity contribution in [2.24, 2.45) is 0 Å². The summed E-state index contributed by atoms with van der Waals surface area (Å²) < 4.78 is 16.4. The van der Waals surface area contributed by atoms with Crippen LogP contribution in [0.3, 0.4) is 0 Å². The van der Waals surface area contributed by atoms with Gasteiger partial charge in [0.25, 0.3) is 0 Å². The number of aliphatic hydroxyl groups is 4. The van der Waals surface area contributed by atoms with E-state index in [0.717, 1.165) is 0 Å². The van der Waals surface area contributed by atoms with Crippen molar-refractivity contribution in [3.05, 3.63) is 58.4 Å². The Morgan fingerprint density at radius 3 is 2.35 bits per heavy atom. The van der Waals surface area contributed by atoms with E-state index >= 15 is 0 Å². The van der Waals surface area contributed by atoms with E-state index in [2.05, 4.69) is 0 Å². The molecule has 0 radical (unpaired) electrons. The molecule has 9 nitrogen and oxygen atoms in total. The first-order valence-corrected chi connectivity index (χ1v) is 9.59. The third-order valence-corrected chi connectivity index (χ3v) is 5.53. The van der Waals surface area contributed by atoms with Gasteiger partial charge in [-0.3, -0.25) is 4.79 Å². The molecule has 1 aromatic heterocycles. The Balaban J connectivity index is 1.84. The lowest BCUT2D eigenvalue weighted by atomic mass is 9.89. The summed E-state index contributed by atoms with van der Waals surface area (Å²) in [6, 6.07) is 9.46. The molecule has 0 amide bonds. The summed E-state index contributed by atoms with van der Waals surface area (Å²) in [6.45, 7) is -0.626. The minimum absolute atomic E-state index is 0.0356. The zero-order chi connectivity index (χ0) is 22.3. The zero-order valence-corrected chi connectivity index (χ0v) is 16.5. The minimum atomic E-state index is -1.64. The molecule has 9 heteroatoms. The Kier molecular flexibility index (Phi) is 5.69. The van der Waals surface area contributed by atoms with Gasteiger partial charge < -0.3 is 39.4 Å². The van der Waals surface area contributed by atoms with Crippen LogP contribution in [0.5, 0.6) is 11.5 Å².